The molecule has 0 radical (unpaired) electrons. The van der Waals surface area contributed by atoms with Gasteiger partial charge in [-0.2, -0.15) is 0 Å². The third kappa shape index (κ3) is 3.54. The number of benzene rings is 1. The molecule has 0 saturated heterocycles. The van der Waals surface area contributed by atoms with Crippen LogP contribution in [0.5, 0.6) is 0 Å². The highest BCUT2D eigenvalue weighted by Gasteiger charge is 2.26. The first-order valence-corrected chi connectivity index (χ1v) is 7.05. The van der Waals surface area contributed by atoms with Crippen LogP contribution >= 0.6 is 0 Å². The van der Waals surface area contributed by atoms with Crippen LogP contribution in [0.15, 0.2) is 30.6 Å². The number of rotatable bonds is 5. The van der Waals surface area contributed by atoms with E-state index >= 15 is 0 Å². The van der Waals surface area contributed by atoms with Crippen molar-refractivity contribution in [2.75, 3.05) is 6.61 Å². The molecular weight excluding hydrogens is 283 g/mol. The Kier molecular flexibility index (Phi) is 4.66. The lowest BCUT2D eigenvalue weighted by atomic mass is 9.80. The lowest BCUT2D eigenvalue weighted by Crippen LogP contribution is -2.23. The molecule has 2 rings (SSSR count). The van der Waals surface area contributed by atoms with Crippen molar-refractivity contribution in [2.24, 2.45) is 0 Å². The summed E-state index contributed by atoms with van der Waals surface area (Å²) in [4.78, 5) is 19.6. The third-order valence-electron chi connectivity index (χ3n) is 3.62. The Balaban J connectivity index is 2.22. The lowest BCUT2D eigenvalue weighted by Gasteiger charge is -2.25. The van der Waals surface area contributed by atoms with E-state index in [9.17, 15) is 9.18 Å². The van der Waals surface area contributed by atoms with E-state index < -0.39 is 17.8 Å². The SMILES string of the molecule is Cc1ccc(C(C)(C)Cc2ncc(C(=O)CO)cn2)c(F)c1. The largest absolute Gasteiger partial charge is 0.388 e. The van der Waals surface area contributed by atoms with Crippen LogP contribution in [0, 0.1) is 12.7 Å². The number of ketones is 1. The fourth-order valence-electron chi connectivity index (χ4n) is 2.34. The fourth-order valence-corrected chi connectivity index (χ4v) is 2.34. The Hall–Kier alpha value is -2.14. The smallest absolute Gasteiger partial charge is 0.191 e. The van der Waals surface area contributed by atoms with Gasteiger partial charge in [0, 0.05) is 18.8 Å². The van der Waals surface area contributed by atoms with Crippen molar-refractivity contribution in [1.82, 2.24) is 9.97 Å². The van der Waals surface area contributed by atoms with Crippen molar-refractivity contribution in [3.05, 3.63) is 58.9 Å². The maximum Gasteiger partial charge on any atom is 0.191 e. The van der Waals surface area contributed by atoms with Gasteiger partial charge >= 0.3 is 0 Å². The molecule has 0 aliphatic heterocycles. The van der Waals surface area contributed by atoms with E-state index in [1.54, 1.807) is 6.07 Å². The van der Waals surface area contributed by atoms with Crippen LogP contribution in [-0.2, 0) is 11.8 Å². The van der Waals surface area contributed by atoms with E-state index in [1.807, 2.05) is 26.8 Å². The van der Waals surface area contributed by atoms with E-state index in [0.29, 0.717) is 17.8 Å². The summed E-state index contributed by atoms with van der Waals surface area (Å²) >= 11 is 0. The molecular formula is C17H19FN2O2. The quantitative estimate of drug-likeness (QED) is 0.862. The molecule has 22 heavy (non-hydrogen) atoms. The van der Waals surface area contributed by atoms with Gasteiger partial charge in [-0.25, -0.2) is 14.4 Å². The maximum absolute atomic E-state index is 14.2. The van der Waals surface area contributed by atoms with Crippen LogP contribution in [0.4, 0.5) is 4.39 Å². The van der Waals surface area contributed by atoms with Gasteiger partial charge in [-0.05, 0) is 29.5 Å². The minimum atomic E-state index is -0.567. The summed E-state index contributed by atoms with van der Waals surface area (Å²) in [6.07, 6.45) is 3.23. The van der Waals surface area contributed by atoms with Crippen LogP contribution in [0.25, 0.3) is 0 Å². The Labute approximate surface area is 129 Å². The van der Waals surface area contributed by atoms with Gasteiger partial charge < -0.3 is 5.11 Å². The second-order valence-corrected chi connectivity index (χ2v) is 6.01. The van der Waals surface area contributed by atoms with E-state index in [4.69, 9.17) is 5.11 Å². The standard InChI is InChI=1S/C17H19FN2O2/c1-11-4-5-13(14(18)6-11)17(2,3)7-16-19-8-12(9-20-16)15(22)10-21/h4-6,8-9,21H,7,10H2,1-3H3. The van der Waals surface area contributed by atoms with Crippen LogP contribution in [0.2, 0.25) is 0 Å². The van der Waals surface area contributed by atoms with Gasteiger partial charge in [0.25, 0.3) is 0 Å². The molecule has 1 aromatic heterocycles. The van der Waals surface area contributed by atoms with Gasteiger partial charge in [-0.1, -0.05) is 26.0 Å². The van der Waals surface area contributed by atoms with Crippen molar-refractivity contribution in [1.29, 1.82) is 0 Å². The Morgan fingerprint density at radius 3 is 2.45 bits per heavy atom. The van der Waals surface area contributed by atoms with Crippen LogP contribution < -0.4 is 0 Å². The van der Waals surface area contributed by atoms with E-state index in [2.05, 4.69) is 9.97 Å². The molecule has 0 bridgehead atoms. The Bertz CT molecular complexity index is 682. The average Bonchev–Trinajstić information content (AvgIpc) is 2.46. The molecule has 0 atom stereocenters. The zero-order valence-corrected chi connectivity index (χ0v) is 12.9. The van der Waals surface area contributed by atoms with Gasteiger partial charge in [0.05, 0.1) is 5.56 Å². The number of hydrogen-bond donors (Lipinski definition) is 1. The summed E-state index contributed by atoms with van der Waals surface area (Å²) in [6, 6.07) is 5.18. The van der Waals surface area contributed by atoms with Crippen molar-refractivity contribution in [3.8, 4) is 0 Å². The molecule has 0 spiro atoms. The van der Waals surface area contributed by atoms with Crippen LogP contribution in [0.3, 0.4) is 0 Å². The summed E-state index contributed by atoms with van der Waals surface area (Å²) in [5.74, 6) is -0.132. The van der Waals surface area contributed by atoms with Gasteiger partial charge in [0.2, 0.25) is 0 Å². The summed E-state index contributed by atoms with van der Waals surface area (Å²) in [6.45, 7) is 5.14. The highest BCUT2D eigenvalue weighted by Crippen LogP contribution is 2.29. The molecule has 0 saturated carbocycles. The number of aromatic nitrogens is 2. The van der Waals surface area contributed by atoms with Gasteiger partial charge in [0.15, 0.2) is 5.78 Å². The second kappa shape index (κ2) is 6.32. The molecule has 0 amide bonds. The predicted molar refractivity (Wildman–Crippen MR) is 81.3 cm³/mol. The van der Waals surface area contributed by atoms with Crippen molar-refractivity contribution >= 4 is 5.78 Å². The number of hydrogen-bond acceptors (Lipinski definition) is 4. The van der Waals surface area contributed by atoms with Gasteiger partial charge in [0.1, 0.15) is 18.2 Å². The zero-order valence-electron chi connectivity index (χ0n) is 12.9. The Morgan fingerprint density at radius 1 is 1.27 bits per heavy atom. The minimum Gasteiger partial charge on any atom is -0.388 e. The van der Waals surface area contributed by atoms with Crippen molar-refractivity contribution in [2.45, 2.75) is 32.6 Å². The Morgan fingerprint density at radius 2 is 1.91 bits per heavy atom. The molecule has 0 aliphatic carbocycles. The minimum absolute atomic E-state index is 0.239. The summed E-state index contributed by atoms with van der Waals surface area (Å²) in [7, 11) is 0. The molecule has 116 valence electrons. The van der Waals surface area contributed by atoms with E-state index in [0.717, 1.165) is 5.56 Å². The molecule has 0 fully saturated rings. The van der Waals surface area contributed by atoms with Crippen molar-refractivity contribution in [3.63, 3.8) is 0 Å². The molecule has 1 aromatic carbocycles. The van der Waals surface area contributed by atoms with Crippen LogP contribution in [-0.4, -0.2) is 27.5 Å². The average molecular weight is 302 g/mol. The predicted octanol–water partition coefficient (Wildman–Crippen LogP) is 2.62. The first-order valence-electron chi connectivity index (χ1n) is 7.05. The molecule has 5 heteroatoms. The van der Waals surface area contributed by atoms with E-state index in [-0.39, 0.29) is 11.4 Å². The number of aliphatic hydroxyl groups is 1. The van der Waals surface area contributed by atoms with Gasteiger partial charge in [-0.3, -0.25) is 4.79 Å². The van der Waals surface area contributed by atoms with Crippen LogP contribution in [0.1, 0.15) is 41.2 Å². The molecule has 1 heterocycles. The number of aliphatic hydroxyl groups excluding tert-OH is 1. The highest BCUT2D eigenvalue weighted by atomic mass is 19.1. The maximum atomic E-state index is 14.2. The summed E-state index contributed by atoms with van der Waals surface area (Å²) < 4.78 is 14.2. The number of nitrogens with zero attached hydrogens (tertiary/aromatic N) is 2. The molecule has 0 aliphatic rings. The number of carbonyl (C=O) groups is 1. The number of Topliss-reactive ketones (excluding diaryl/α,β-unsaturated/α-hetero) is 1. The normalized spacial score (nSPS) is 11.5. The summed E-state index contributed by atoms with van der Waals surface area (Å²) in [5.41, 5.74) is 1.28. The molecule has 2 aromatic rings. The topological polar surface area (TPSA) is 63.1 Å². The second-order valence-electron chi connectivity index (χ2n) is 6.01. The molecule has 1 N–H and O–H groups in total. The molecule has 4 nitrogen and oxygen atoms in total. The number of carbonyl (C=O) groups excluding carboxylic acids is 1. The molecule has 0 unspecified atom stereocenters. The monoisotopic (exact) mass is 302 g/mol. The first kappa shape index (κ1) is 16.2. The van der Waals surface area contributed by atoms with E-state index in [1.165, 1.54) is 18.5 Å². The number of aryl methyl sites for hydroxylation is 1. The first-order chi connectivity index (χ1) is 10.3. The zero-order chi connectivity index (χ0) is 16.3. The fraction of sp³-hybridized carbons (Fsp3) is 0.353. The highest BCUT2D eigenvalue weighted by molar-refractivity contribution is 5.96. The summed E-state index contributed by atoms with van der Waals surface area (Å²) in [5, 5.41) is 8.80. The lowest BCUT2D eigenvalue weighted by molar-refractivity contribution is 0.0903. The third-order valence-corrected chi connectivity index (χ3v) is 3.62. The van der Waals surface area contributed by atoms with Crippen molar-refractivity contribution < 1.29 is 14.3 Å². The number of halogens is 1. The van der Waals surface area contributed by atoms with Gasteiger partial charge in [-0.15, -0.1) is 0 Å².